The number of pyridine rings is 2. The fourth-order valence-corrected chi connectivity index (χ4v) is 3.05. The van der Waals surface area contributed by atoms with Crippen molar-refractivity contribution < 1.29 is 4.79 Å². The second-order valence-electron chi connectivity index (χ2n) is 5.13. The van der Waals surface area contributed by atoms with Crippen LogP contribution in [0.5, 0.6) is 0 Å². The average Bonchev–Trinajstić information content (AvgIpc) is 2.67. The fourth-order valence-electron chi connectivity index (χ4n) is 2.45. The smallest absolute Gasteiger partial charge is 0.252 e. The van der Waals surface area contributed by atoms with Crippen LogP contribution < -0.4 is 5.32 Å². The van der Waals surface area contributed by atoms with Gasteiger partial charge in [-0.3, -0.25) is 14.8 Å². The van der Waals surface area contributed by atoms with E-state index in [0.29, 0.717) is 12.1 Å². The normalized spacial score (nSPS) is 10.4. The predicted octanol–water partition coefficient (Wildman–Crippen LogP) is 3.80. The number of thioether (sulfide) groups is 1. The van der Waals surface area contributed by atoms with E-state index in [4.69, 9.17) is 0 Å². The van der Waals surface area contributed by atoms with Crippen LogP contribution in [0.15, 0.2) is 72.0 Å². The Morgan fingerprint density at radius 2 is 1.83 bits per heavy atom. The molecule has 0 saturated carbocycles. The van der Waals surface area contributed by atoms with E-state index in [-0.39, 0.29) is 5.91 Å². The van der Waals surface area contributed by atoms with Gasteiger partial charge in [0.15, 0.2) is 0 Å². The molecule has 0 fully saturated rings. The van der Waals surface area contributed by atoms with Crippen LogP contribution in [0.3, 0.4) is 0 Å². The Kier molecular flexibility index (Phi) is 5.23. The summed E-state index contributed by atoms with van der Waals surface area (Å²) in [4.78, 5) is 21.9. The predicted molar refractivity (Wildman–Crippen MR) is 96.9 cm³/mol. The van der Waals surface area contributed by atoms with Gasteiger partial charge in [0.25, 0.3) is 5.91 Å². The quantitative estimate of drug-likeness (QED) is 0.721. The van der Waals surface area contributed by atoms with Gasteiger partial charge in [-0.05, 0) is 42.2 Å². The van der Waals surface area contributed by atoms with Gasteiger partial charge >= 0.3 is 0 Å². The number of carbonyl (C=O) groups excluding carboxylic acids is 1. The third-order valence-electron chi connectivity index (χ3n) is 3.64. The molecule has 24 heavy (non-hydrogen) atoms. The van der Waals surface area contributed by atoms with Gasteiger partial charge < -0.3 is 5.32 Å². The summed E-state index contributed by atoms with van der Waals surface area (Å²) in [5, 5.41) is 2.99. The number of benzene rings is 1. The summed E-state index contributed by atoms with van der Waals surface area (Å²) < 4.78 is 0. The molecule has 0 aliphatic rings. The molecular formula is C19H17N3OS. The Balaban J connectivity index is 1.79. The molecule has 0 unspecified atom stereocenters. The van der Waals surface area contributed by atoms with Crippen molar-refractivity contribution in [3.05, 3.63) is 78.2 Å². The summed E-state index contributed by atoms with van der Waals surface area (Å²) >= 11 is 1.57. The van der Waals surface area contributed by atoms with Crippen LogP contribution >= 0.6 is 11.8 Å². The topological polar surface area (TPSA) is 54.9 Å². The summed E-state index contributed by atoms with van der Waals surface area (Å²) in [5.74, 6) is -0.0792. The van der Waals surface area contributed by atoms with Crippen molar-refractivity contribution in [2.24, 2.45) is 0 Å². The minimum atomic E-state index is -0.0792. The highest BCUT2D eigenvalue weighted by Gasteiger charge is 2.12. The van der Waals surface area contributed by atoms with Gasteiger partial charge in [0.1, 0.15) is 0 Å². The zero-order chi connectivity index (χ0) is 16.8. The Morgan fingerprint density at radius 1 is 1.04 bits per heavy atom. The molecule has 0 aliphatic carbocycles. The minimum Gasteiger partial charge on any atom is -0.348 e. The van der Waals surface area contributed by atoms with Gasteiger partial charge in [-0.1, -0.05) is 18.2 Å². The first-order chi connectivity index (χ1) is 11.8. The highest BCUT2D eigenvalue weighted by Crippen LogP contribution is 2.22. The van der Waals surface area contributed by atoms with Crippen molar-refractivity contribution >= 4 is 17.7 Å². The third-order valence-corrected chi connectivity index (χ3v) is 4.43. The van der Waals surface area contributed by atoms with E-state index in [2.05, 4.69) is 15.3 Å². The maximum Gasteiger partial charge on any atom is 0.252 e. The van der Waals surface area contributed by atoms with Crippen LogP contribution in [0.1, 0.15) is 15.9 Å². The van der Waals surface area contributed by atoms with Gasteiger partial charge in [0, 0.05) is 35.6 Å². The highest BCUT2D eigenvalue weighted by molar-refractivity contribution is 7.98. The molecule has 1 N–H and O–H groups in total. The standard InChI is InChI=1S/C19H17N3OS/c1-24-17-7-3-2-6-16(17)19(23)22-13-15-5-4-10-21-18(15)14-8-11-20-12-9-14/h2-12H,13H2,1H3,(H,22,23). The third kappa shape index (κ3) is 3.63. The van der Waals surface area contributed by atoms with E-state index in [9.17, 15) is 4.79 Å². The monoisotopic (exact) mass is 335 g/mol. The highest BCUT2D eigenvalue weighted by atomic mass is 32.2. The molecule has 1 amide bonds. The number of nitrogens with one attached hydrogen (secondary N) is 1. The first-order valence-electron chi connectivity index (χ1n) is 7.55. The number of rotatable bonds is 5. The summed E-state index contributed by atoms with van der Waals surface area (Å²) in [6.07, 6.45) is 7.20. The molecule has 2 aromatic heterocycles. The zero-order valence-electron chi connectivity index (χ0n) is 13.3. The summed E-state index contributed by atoms with van der Waals surface area (Å²) in [5.41, 5.74) is 3.51. The number of nitrogens with zero attached hydrogens (tertiary/aromatic N) is 2. The molecule has 1 aromatic carbocycles. The van der Waals surface area contributed by atoms with Gasteiger partial charge in [0.2, 0.25) is 0 Å². The van der Waals surface area contributed by atoms with Crippen molar-refractivity contribution in [2.75, 3.05) is 6.26 Å². The van der Waals surface area contributed by atoms with Crippen LogP contribution in [-0.2, 0) is 6.54 Å². The molecule has 4 nitrogen and oxygen atoms in total. The van der Waals surface area contributed by atoms with Crippen LogP contribution in [0.25, 0.3) is 11.3 Å². The van der Waals surface area contributed by atoms with E-state index in [1.54, 1.807) is 30.4 Å². The van der Waals surface area contributed by atoms with Crippen LogP contribution in [-0.4, -0.2) is 22.1 Å². The molecule has 3 rings (SSSR count). The lowest BCUT2D eigenvalue weighted by molar-refractivity contribution is 0.0948. The van der Waals surface area contributed by atoms with Gasteiger partial charge in [-0.25, -0.2) is 0 Å². The van der Waals surface area contributed by atoms with Crippen molar-refractivity contribution in [1.82, 2.24) is 15.3 Å². The fraction of sp³-hybridized carbons (Fsp3) is 0.105. The Morgan fingerprint density at radius 3 is 2.62 bits per heavy atom. The molecule has 0 aliphatic heterocycles. The van der Waals surface area contributed by atoms with E-state index in [1.807, 2.05) is 54.8 Å². The second kappa shape index (κ2) is 7.75. The molecule has 2 heterocycles. The van der Waals surface area contributed by atoms with Gasteiger partial charge in [0.05, 0.1) is 11.3 Å². The Labute approximate surface area is 145 Å². The average molecular weight is 335 g/mol. The molecular weight excluding hydrogens is 318 g/mol. The molecule has 0 radical (unpaired) electrons. The Hall–Kier alpha value is -2.66. The molecule has 5 heteroatoms. The SMILES string of the molecule is CSc1ccccc1C(=O)NCc1cccnc1-c1ccncc1. The van der Waals surface area contributed by atoms with E-state index < -0.39 is 0 Å². The summed E-state index contributed by atoms with van der Waals surface area (Å²) in [6, 6.07) is 15.3. The Bertz CT molecular complexity index is 837. The van der Waals surface area contributed by atoms with Crippen molar-refractivity contribution in [3.63, 3.8) is 0 Å². The first-order valence-corrected chi connectivity index (χ1v) is 8.77. The number of hydrogen-bond donors (Lipinski definition) is 1. The van der Waals surface area contributed by atoms with E-state index in [1.165, 1.54) is 0 Å². The number of amides is 1. The first kappa shape index (κ1) is 16.2. The van der Waals surface area contributed by atoms with Crippen molar-refractivity contribution in [1.29, 1.82) is 0 Å². The molecule has 0 spiro atoms. The maximum absolute atomic E-state index is 12.5. The van der Waals surface area contributed by atoms with Gasteiger partial charge in [-0.2, -0.15) is 0 Å². The second-order valence-corrected chi connectivity index (χ2v) is 5.98. The molecule has 0 saturated heterocycles. The lowest BCUT2D eigenvalue weighted by Crippen LogP contribution is -2.23. The van der Waals surface area contributed by atoms with Crippen molar-refractivity contribution in [2.45, 2.75) is 11.4 Å². The number of carbonyl (C=O) groups is 1. The van der Waals surface area contributed by atoms with Crippen LogP contribution in [0.4, 0.5) is 0 Å². The number of hydrogen-bond acceptors (Lipinski definition) is 4. The van der Waals surface area contributed by atoms with E-state index in [0.717, 1.165) is 21.7 Å². The lowest BCUT2D eigenvalue weighted by atomic mass is 10.1. The largest absolute Gasteiger partial charge is 0.348 e. The maximum atomic E-state index is 12.5. The van der Waals surface area contributed by atoms with Crippen LogP contribution in [0, 0.1) is 0 Å². The molecule has 120 valence electrons. The van der Waals surface area contributed by atoms with Gasteiger partial charge in [-0.15, -0.1) is 11.8 Å². The molecule has 3 aromatic rings. The molecule has 0 atom stereocenters. The summed E-state index contributed by atoms with van der Waals surface area (Å²) in [6.45, 7) is 0.424. The van der Waals surface area contributed by atoms with Crippen molar-refractivity contribution in [3.8, 4) is 11.3 Å². The zero-order valence-corrected chi connectivity index (χ0v) is 14.1. The minimum absolute atomic E-state index is 0.0792. The van der Waals surface area contributed by atoms with E-state index >= 15 is 0 Å². The van der Waals surface area contributed by atoms with Crippen LogP contribution in [0.2, 0.25) is 0 Å². The summed E-state index contributed by atoms with van der Waals surface area (Å²) in [7, 11) is 0. The lowest BCUT2D eigenvalue weighted by Gasteiger charge is -2.11. The molecule has 0 bridgehead atoms. The number of aromatic nitrogens is 2.